The number of nitro groups is 1. The highest BCUT2D eigenvalue weighted by molar-refractivity contribution is 7.92. The van der Waals surface area contributed by atoms with E-state index in [2.05, 4.69) is 4.72 Å². The second kappa shape index (κ2) is 8.69. The Labute approximate surface area is 179 Å². The lowest BCUT2D eigenvalue weighted by molar-refractivity contribution is -0.386. The summed E-state index contributed by atoms with van der Waals surface area (Å²) in [5.41, 5.74) is -0.835. The Morgan fingerprint density at radius 1 is 1.06 bits per heavy atom. The molecule has 2 aromatic rings. The Kier molecular flexibility index (Phi) is 6.38. The summed E-state index contributed by atoms with van der Waals surface area (Å²) in [6.07, 6.45) is 2.39. The average molecular weight is 472 g/mol. The number of nitrogens with zero attached hydrogens (tertiary/aromatic N) is 2. The number of sulfonamides is 2. The Hall–Kier alpha value is -2.90. The molecule has 0 aliphatic carbocycles. The van der Waals surface area contributed by atoms with Gasteiger partial charge in [0.25, 0.3) is 10.0 Å². The van der Waals surface area contributed by atoms with Gasteiger partial charge in [-0.3, -0.25) is 14.8 Å². The van der Waals surface area contributed by atoms with Crippen LogP contribution in [0.3, 0.4) is 0 Å². The summed E-state index contributed by atoms with van der Waals surface area (Å²) in [5, 5.41) is 20.5. The number of hydrogen-bond acceptors (Lipinski definition) is 8. The highest BCUT2D eigenvalue weighted by Gasteiger charge is 2.30. The zero-order chi connectivity index (χ0) is 22.8. The van der Waals surface area contributed by atoms with Gasteiger partial charge in [-0.15, -0.1) is 0 Å². The lowest BCUT2D eigenvalue weighted by Crippen LogP contribution is -2.35. The molecule has 168 valence electrons. The number of anilines is 1. The molecule has 0 atom stereocenters. The van der Waals surface area contributed by atoms with Gasteiger partial charge in [-0.1, -0.05) is 6.42 Å². The summed E-state index contributed by atoms with van der Waals surface area (Å²) in [6, 6.07) is 6.41. The van der Waals surface area contributed by atoms with Crippen LogP contribution in [0.4, 0.5) is 11.4 Å². The van der Waals surface area contributed by atoms with Crippen molar-refractivity contribution < 1.29 is 31.6 Å². The van der Waals surface area contributed by atoms with E-state index in [4.69, 9.17) is 4.74 Å². The van der Waals surface area contributed by atoms with E-state index in [1.54, 1.807) is 0 Å². The number of piperidine rings is 1. The van der Waals surface area contributed by atoms with Crippen molar-refractivity contribution >= 4 is 31.4 Å². The zero-order valence-electron chi connectivity index (χ0n) is 16.5. The molecule has 0 saturated carbocycles. The van der Waals surface area contributed by atoms with Crippen LogP contribution in [0.15, 0.2) is 46.2 Å². The predicted molar refractivity (Wildman–Crippen MR) is 111 cm³/mol. The van der Waals surface area contributed by atoms with E-state index in [0.717, 1.165) is 37.5 Å². The maximum atomic E-state index is 13.1. The molecule has 0 radical (unpaired) electrons. The first-order valence-corrected chi connectivity index (χ1v) is 12.2. The predicted octanol–water partition coefficient (Wildman–Crippen LogP) is 2.28. The van der Waals surface area contributed by atoms with Gasteiger partial charge < -0.3 is 9.84 Å². The summed E-state index contributed by atoms with van der Waals surface area (Å²) in [4.78, 5) is 9.42. The summed E-state index contributed by atoms with van der Waals surface area (Å²) in [7, 11) is -6.92. The van der Waals surface area contributed by atoms with Crippen molar-refractivity contribution in [1.29, 1.82) is 0 Å². The number of nitro benzene ring substituents is 1. The smallest absolute Gasteiger partial charge is 0.312 e. The van der Waals surface area contributed by atoms with Crippen LogP contribution in [-0.2, 0) is 20.0 Å². The molecular formula is C18H21N3O8S2. The zero-order valence-corrected chi connectivity index (χ0v) is 18.1. The topological polar surface area (TPSA) is 156 Å². The van der Waals surface area contributed by atoms with Crippen molar-refractivity contribution in [3.05, 3.63) is 46.5 Å². The molecule has 1 saturated heterocycles. The fourth-order valence-corrected chi connectivity index (χ4v) is 5.98. The maximum Gasteiger partial charge on any atom is 0.312 e. The third-order valence-electron chi connectivity index (χ3n) is 4.80. The molecule has 0 spiro atoms. The van der Waals surface area contributed by atoms with Crippen molar-refractivity contribution in [1.82, 2.24) is 4.31 Å². The van der Waals surface area contributed by atoms with Crippen molar-refractivity contribution in [2.75, 3.05) is 24.9 Å². The SMILES string of the molecule is COc1ccc(NS(=O)(=O)c2ccc(O)c([N+](=O)[O-])c2)cc1S(=O)(=O)N1CCCCC1. The minimum absolute atomic E-state index is 0.0629. The van der Waals surface area contributed by atoms with Gasteiger partial charge in [-0.2, -0.15) is 4.31 Å². The molecule has 2 aromatic carbocycles. The van der Waals surface area contributed by atoms with Gasteiger partial charge in [0.1, 0.15) is 10.6 Å². The van der Waals surface area contributed by atoms with Crippen molar-refractivity contribution in [2.45, 2.75) is 29.1 Å². The van der Waals surface area contributed by atoms with Gasteiger partial charge in [0, 0.05) is 19.2 Å². The highest BCUT2D eigenvalue weighted by atomic mass is 32.2. The molecule has 1 fully saturated rings. The van der Waals surface area contributed by atoms with E-state index < -0.39 is 41.3 Å². The fourth-order valence-electron chi connectivity index (χ4n) is 3.22. The first kappa shape index (κ1) is 22.8. The van der Waals surface area contributed by atoms with Crippen LogP contribution in [0.2, 0.25) is 0 Å². The van der Waals surface area contributed by atoms with Crippen LogP contribution in [-0.4, -0.2) is 51.4 Å². The number of hydrogen-bond donors (Lipinski definition) is 2. The van der Waals surface area contributed by atoms with Crippen LogP contribution in [0.5, 0.6) is 11.5 Å². The van der Waals surface area contributed by atoms with E-state index in [9.17, 15) is 32.1 Å². The third-order valence-corrected chi connectivity index (χ3v) is 8.10. The quantitative estimate of drug-likeness (QED) is 0.460. The number of phenols is 1. The van der Waals surface area contributed by atoms with E-state index >= 15 is 0 Å². The van der Waals surface area contributed by atoms with Crippen LogP contribution < -0.4 is 9.46 Å². The van der Waals surface area contributed by atoms with Crippen LogP contribution in [0.1, 0.15) is 19.3 Å². The molecule has 1 aliphatic heterocycles. The molecule has 11 nitrogen and oxygen atoms in total. The number of phenolic OH excluding ortho intramolecular Hbond substituents is 1. The van der Waals surface area contributed by atoms with Crippen LogP contribution in [0, 0.1) is 10.1 Å². The van der Waals surface area contributed by atoms with Gasteiger partial charge in [0.15, 0.2) is 5.75 Å². The largest absolute Gasteiger partial charge is 0.502 e. The van der Waals surface area contributed by atoms with Gasteiger partial charge >= 0.3 is 5.69 Å². The van der Waals surface area contributed by atoms with Crippen molar-refractivity contribution in [2.24, 2.45) is 0 Å². The minimum atomic E-state index is -4.31. The van der Waals surface area contributed by atoms with Crippen LogP contribution >= 0.6 is 0 Å². The van der Waals surface area contributed by atoms with E-state index in [-0.39, 0.29) is 16.3 Å². The molecule has 1 heterocycles. The minimum Gasteiger partial charge on any atom is -0.502 e. The summed E-state index contributed by atoms with van der Waals surface area (Å²) in [6.45, 7) is 0.719. The van der Waals surface area contributed by atoms with E-state index in [1.165, 1.54) is 23.5 Å². The second-order valence-corrected chi connectivity index (χ2v) is 10.4. The molecule has 2 N–H and O–H groups in total. The van der Waals surface area contributed by atoms with Gasteiger partial charge in [0.05, 0.1) is 22.6 Å². The number of rotatable bonds is 7. The summed E-state index contributed by atoms with van der Waals surface area (Å²) in [5.74, 6) is -0.614. The Bertz CT molecular complexity index is 1210. The Morgan fingerprint density at radius 2 is 1.74 bits per heavy atom. The number of methoxy groups -OCH3 is 1. The highest BCUT2D eigenvalue weighted by Crippen LogP contribution is 2.33. The molecule has 0 aromatic heterocycles. The second-order valence-electron chi connectivity index (χ2n) is 6.84. The van der Waals surface area contributed by atoms with Gasteiger partial charge in [-0.05, 0) is 43.2 Å². The lowest BCUT2D eigenvalue weighted by Gasteiger charge is -2.26. The molecule has 31 heavy (non-hydrogen) atoms. The first-order chi connectivity index (χ1) is 14.6. The molecule has 3 rings (SSSR count). The van der Waals surface area contributed by atoms with E-state index in [0.29, 0.717) is 19.2 Å². The normalized spacial score (nSPS) is 15.4. The first-order valence-electron chi connectivity index (χ1n) is 9.24. The lowest BCUT2D eigenvalue weighted by atomic mass is 10.2. The standard InChI is InChI=1S/C18H21N3O8S2/c1-29-17-8-5-13(11-18(17)31(27,28)20-9-3-2-4-10-20)19-30(25,26)14-6-7-16(22)15(12-14)21(23)24/h5-8,11-12,19,22H,2-4,9-10H2,1H3. The molecule has 0 bridgehead atoms. The molecule has 0 unspecified atom stereocenters. The molecular weight excluding hydrogens is 450 g/mol. The monoisotopic (exact) mass is 471 g/mol. The van der Waals surface area contributed by atoms with Gasteiger partial charge in [-0.25, -0.2) is 16.8 Å². The van der Waals surface area contributed by atoms with Crippen LogP contribution in [0.25, 0.3) is 0 Å². The maximum absolute atomic E-state index is 13.1. The average Bonchev–Trinajstić information content (AvgIpc) is 2.74. The number of ether oxygens (including phenoxy) is 1. The number of benzene rings is 2. The van der Waals surface area contributed by atoms with E-state index in [1.807, 2.05) is 0 Å². The molecule has 1 aliphatic rings. The Morgan fingerprint density at radius 3 is 2.35 bits per heavy atom. The fraction of sp³-hybridized carbons (Fsp3) is 0.333. The van der Waals surface area contributed by atoms with Crippen molar-refractivity contribution in [3.63, 3.8) is 0 Å². The number of nitrogens with one attached hydrogen (secondary N) is 1. The summed E-state index contributed by atoms with van der Waals surface area (Å²) >= 11 is 0. The third kappa shape index (κ3) is 4.73. The van der Waals surface area contributed by atoms with Crippen molar-refractivity contribution in [3.8, 4) is 11.5 Å². The number of aromatic hydroxyl groups is 1. The molecule has 0 amide bonds. The molecule has 13 heteroatoms. The summed E-state index contributed by atoms with van der Waals surface area (Å²) < 4.78 is 60.3. The van der Waals surface area contributed by atoms with Gasteiger partial charge in [0.2, 0.25) is 10.0 Å². The Balaban J connectivity index is 1.98.